The van der Waals surface area contributed by atoms with Crippen LogP contribution in [0.1, 0.15) is 0 Å². The molecule has 0 spiro atoms. The number of aromatic nitrogens is 1. The maximum atomic E-state index is 13.3. The monoisotopic (exact) mass is 433 g/mol. The second kappa shape index (κ2) is 9.32. The summed E-state index contributed by atoms with van der Waals surface area (Å²) >= 11 is 5.93. The number of amides is 1. The first-order chi connectivity index (χ1) is 13.9. The van der Waals surface area contributed by atoms with Gasteiger partial charge in [0.1, 0.15) is 0 Å². The summed E-state index contributed by atoms with van der Waals surface area (Å²) in [5.74, 6) is -0.478. The number of fused-ring (bicyclic) bond motifs is 1. The van der Waals surface area contributed by atoms with E-state index < -0.39 is 15.9 Å². The molecule has 0 aliphatic heterocycles. The molecule has 0 radical (unpaired) electrons. The average Bonchev–Trinajstić information content (AvgIpc) is 2.70. The molecule has 0 fully saturated rings. The number of anilines is 1. The summed E-state index contributed by atoms with van der Waals surface area (Å²) in [5, 5.41) is 4.38. The summed E-state index contributed by atoms with van der Waals surface area (Å²) < 4.78 is 32.8. The Morgan fingerprint density at radius 1 is 1.21 bits per heavy atom. The first-order valence-electron chi connectivity index (χ1n) is 8.79. The highest BCUT2D eigenvalue weighted by atomic mass is 35.5. The minimum atomic E-state index is -3.96. The van der Waals surface area contributed by atoms with Crippen LogP contribution < -0.4 is 5.32 Å². The van der Waals surface area contributed by atoms with Crippen molar-refractivity contribution in [3.05, 3.63) is 65.9 Å². The molecule has 3 aromatic rings. The quantitative estimate of drug-likeness (QED) is 0.589. The molecule has 1 heterocycles. The second-order valence-electron chi connectivity index (χ2n) is 6.24. The number of benzene rings is 2. The fourth-order valence-electron chi connectivity index (χ4n) is 2.86. The van der Waals surface area contributed by atoms with Gasteiger partial charge in [0.15, 0.2) is 0 Å². The second-order valence-corrected chi connectivity index (χ2v) is 8.59. The number of hydrogen-bond donors (Lipinski definition) is 1. The van der Waals surface area contributed by atoms with Gasteiger partial charge in [0.25, 0.3) is 0 Å². The smallest absolute Gasteiger partial charge is 0.244 e. The van der Waals surface area contributed by atoms with Gasteiger partial charge >= 0.3 is 0 Å². The van der Waals surface area contributed by atoms with E-state index >= 15 is 0 Å². The lowest BCUT2D eigenvalue weighted by atomic mass is 10.2. The Bertz CT molecular complexity index is 1120. The number of methoxy groups -OCH3 is 1. The van der Waals surface area contributed by atoms with E-state index in [1.807, 2.05) is 0 Å². The van der Waals surface area contributed by atoms with Crippen LogP contribution in [0.3, 0.4) is 0 Å². The first-order valence-corrected chi connectivity index (χ1v) is 10.6. The minimum Gasteiger partial charge on any atom is -0.383 e. The van der Waals surface area contributed by atoms with Gasteiger partial charge in [-0.25, -0.2) is 8.42 Å². The lowest BCUT2D eigenvalue weighted by Crippen LogP contribution is -2.40. The Hall–Kier alpha value is -2.52. The molecule has 0 atom stereocenters. The summed E-state index contributed by atoms with van der Waals surface area (Å²) in [5.41, 5.74) is 0.489. The van der Waals surface area contributed by atoms with Crippen LogP contribution >= 0.6 is 11.6 Å². The van der Waals surface area contributed by atoms with Gasteiger partial charge in [-0.05, 0) is 30.3 Å². The van der Waals surface area contributed by atoms with E-state index in [4.69, 9.17) is 16.3 Å². The fraction of sp³-hybridized carbons (Fsp3) is 0.200. The summed E-state index contributed by atoms with van der Waals surface area (Å²) in [6.45, 7) is -0.182. The van der Waals surface area contributed by atoms with Crippen LogP contribution in [-0.2, 0) is 19.6 Å². The zero-order chi connectivity index (χ0) is 20.9. The largest absolute Gasteiger partial charge is 0.383 e. The lowest BCUT2D eigenvalue weighted by Gasteiger charge is -2.22. The van der Waals surface area contributed by atoms with Crippen LogP contribution in [-0.4, -0.2) is 50.4 Å². The normalized spacial score (nSPS) is 11.7. The van der Waals surface area contributed by atoms with Crippen molar-refractivity contribution in [2.45, 2.75) is 4.90 Å². The van der Waals surface area contributed by atoms with Crippen molar-refractivity contribution in [3.63, 3.8) is 0 Å². The molecular weight excluding hydrogens is 414 g/mol. The molecule has 0 bridgehead atoms. The van der Waals surface area contributed by atoms with Gasteiger partial charge in [-0.3, -0.25) is 9.78 Å². The molecule has 0 aliphatic carbocycles. The van der Waals surface area contributed by atoms with Gasteiger partial charge in [-0.15, -0.1) is 0 Å². The van der Waals surface area contributed by atoms with Crippen LogP contribution in [0.5, 0.6) is 0 Å². The van der Waals surface area contributed by atoms with Crippen molar-refractivity contribution in [3.8, 4) is 0 Å². The number of hydrogen-bond acceptors (Lipinski definition) is 5. The lowest BCUT2D eigenvalue weighted by molar-refractivity contribution is -0.116. The molecule has 1 aromatic heterocycles. The van der Waals surface area contributed by atoms with E-state index in [2.05, 4.69) is 10.3 Å². The number of sulfonamides is 1. The van der Waals surface area contributed by atoms with Gasteiger partial charge < -0.3 is 10.1 Å². The molecule has 152 valence electrons. The number of rotatable bonds is 8. The van der Waals surface area contributed by atoms with E-state index in [-0.39, 0.29) is 24.6 Å². The molecule has 9 heteroatoms. The van der Waals surface area contributed by atoms with Crippen molar-refractivity contribution in [2.75, 3.05) is 32.1 Å². The number of pyridine rings is 1. The molecule has 1 amide bonds. The van der Waals surface area contributed by atoms with Crippen molar-refractivity contribution in [1.82, 2.24) is 9.29 Å². The number of nitrogens with zero attached hydrogens (tertiary/aromatic N) is 2. The Kier molecular flexibility index (Phi) is 6.81. The molecule has 29 heavy (non-hydrogen) atoms. The van der Waals surface area contributed by atoms with E-state index in [9.17, 15) is 13.2 Å². The predicted octanol–water partition coefficient (Wildman–Crippen LogP) is 3.16. The van der Waals surface area contributed by atoms with Gasteiger partial charge in [0.05, 0.1) is 18.0 Å². The molecule has 0 saturated heterocycles. The third kappa shape index (κ3) is 5.10. The van der Waals surface area contributed by atoms with Crippen molar-refractivity contribution in [1.29, 1.82) is 0 Å². The zero-order valence-electron chi connectivity index (χ0n) is 15.7. The van der Waals surface area contributed by atoms with Gasteiger partial charge in [0, 0.05) is 47.5 Å². The highest BCUT2D eigenvalue weighted by Gasteiger charge is 2.28. The molecule has 0 saturated carbocycles. The van der Waals surface area contributed by atoms with Gasteiger partial charge in [-0.2, -0.15) is 4.31 Å². The summed E-state index contributed by atoms with van der Waals surface area (Å²) in [7, 11) is -2.48. The highest BCUT2D eigenvalue weighted by Crippen LogP contribution is 2.25. The summed E-state index contributed by atoms with van der Waals surface area (Å²) in [6, 6.07) is 13.2. The van der Waals surface area contributed by atoms with Gasteiger partial charge in [-0.1, -0.05) is 29.8 Å². The van der Waals surface area contributed by atoms with Crippen LogP contribution in [0.15, 0.2) is 65.8 Å². The number of carbonyl (C=O) groups excluding carboxylic acids is 1. The fourth-order valence-corrected chi connectivity index (χ4v) is 4.65. The van der Waals surface area contributed by atoms with Crippen molar-refractivity contribution >= 4 is 44.0 Å². The van der Waals surface area contributed by atoms with Crippen molar-refractivity contribution in [2.24, 2.45) is 0 Å². The number of carbonyl (C=O) groups is 1. The Balaban J connectivity index is 1.89. The minimum absolute atomic E-state index is 0.0310. The van der Waals surface area contributed by atoms with E-state index in [1.54, 1.807) is 48.7 Å². The summed E-state index contributed by atoms with van der Waals surface area (Å²) in [6.07, 6.45) is 3.13. The average molecular weight is 434 g/mol. The van der Waals surface area contributed by atoms with E-state index in [1.165, 1.54) is 19.4 Å². The molecule has 1 N–H and O–H groups in total. The Morgan fingerprint density at radius 2 is 2.00 bits per heavy atom. The molecule has 7 nitrogen and oxygen atoms in total. The molecule has 0 aliphatic rings. The van der Waals surface area contributed by atoms with Crippen molar-refractivity contribution < 1.29 is 17.9 Å². The SMILES string of the molecule is COCCN(CC(=O)Nc1cccc(Cl)c1)S(=O)(=O)c1cccc2cnccc12. The number of ether oxygens (including phenoxy) is 1. The first kappa shape index (κ1) is 21.2. The van der Waals surface area contributed by atoms with Crippen LogP contribution in [0, 0.1) is 0 Å². The number of halogens is 1. The third-order valence-electron chi connectivity index (χ3n) is 4.23. The molecule has 2 aromatic carbocycles. The van der Waals surface area contributed by atoms with Crippen LogP contribution in [0.2, 0.25) is 5.02 Å². The maximum Gasteiger partial charge on any atom is 0.244 e. The molecular formula is C20H20ClN3O4S. The van der Waals surface area contributed by atoms with E-state index in [0.29, 0.717) is 21.5 Å². The topological polar surface area (TPSA) is 88.6 Å². The van der Waals surface area contributed by atoms with E-state index in [0.717, 1.165) is 4.31 Å². The zero-order valence-corrected chi connectivity index (χ0v) is 17.3. The summed E-state index contributed by atoms with van der Waals surface area (Å²) in [4.78, 5) is 16.7. The Labute approximate surface area is 174 Å². The van der Waals surface area contributed by atoms with Crippen LogP contribution in [0.25, 0.3) is 10.8 Å². The Morgan fingerprint density at radius 3 is 2.76 bits per heavy atom. The molecule has 3 rings (SSSR count). The third-order valence-corrected chi connectivity index (χ3v) is 6.37. The maximum absolute atomic E-state index is 13.3. The number of nitrogens with one attached hydrogen (secondary N) is 1. The predicted molar refractivity (Wildman–Crippen MR) is 112 cm³/mol. The van der Waals surface area contributed by atoms with Crippen LogP contribution in [0.4, 0.5) is 5.69 Å². The highest BCUT2D eigenvalue weighted by molar-refractivity contribution is 7.89. The molecule has 0 unspecified atom stereocenters. The van der Waals surface area contributed by atoms with Gasteiger partial charge in [0.2, 0.25) is 15.9 Å². The standard InChI is InChI=1S/C20H20ClN3O4S/c1-28-11-10-24(14-20(25)23-17-6-3-5-16(21)12-17)29(26,27)19-7-2-4-15-13-22-9-8-18(15)19/h2-9,12-13H,10-11,14H2,1H3,(H,23,25).